The Hall–Kier alpha value is -3.82. The predicted octanol–water partition coefficient (Wildman–Crippen LogP) is 6.66. The number of rotatable bonds is 7. The number of nitrogens with zero attached hydrogens (tertiary/aromatic N) is 3. The van der Waals surface area contributed by atoms with Crippen LogP contribution >= 0.6 is 22.7 Å². The second-order valence-corrected chi connectivity index (χ2v) is 9.62. The highest BCUT2D eigenvalue weighted by molar-refractivity contribution is 7.23. The van der Waals surface area contributed by atoms with Gasteiger partial charge in [-0.1, -0.05) is 41.7 Å². The first kappa shape index (κ1) is 22.0. The number of thiophene rings is 1. The summed E-state index contributed by atoms with van der Waals surface area (Å²) in [6.07, 6.45) is 0. The largest absolute Gasteiger partial charge is 0.494 e. The summed E-state index contributed by atoms with van der Waals surface area (Å²) in [7, 11) is 0. The van der Waals surface area contributed by atoms with Crippen molar-refractivity contribution in [3.63, 3.8) is 0 Å². The van der Waals surface area contributed by atoms with Gasteiger partial charge in [0, 0.05) is 22.2 Å². The molecule has 0 aliphatic heterocycles. The number of ether oxygens (including phenoxy) is 1. The van der Waals surface area contributed by atoms with E-state index in [1.165, 1.54) is 34.8 Å². The Kier molecular flexibility index (Phi) is 5.95. The van der Waals surface area contributed by atoms with E-state index < -0.39 is 4.92 Å². The Morgan fingerprint density at radius 2 is 1.85 bits per heavy atom. The van der Waals surface area contributed by atoms with Crippen LogP contribution in [-0.2, 0) is 6.54 Å². The number of thiazole rings is 1. The molecular weight excluding hydrogens is 470 g/mol. The number of amides is 1. The van der Waals surface area contributed by atoms with Crippen LogP contribution in [0.3, 0.4) is 0 Å². The first-order valence-electron chi connectivity index (χ1n) is 10.6. The van der Waals surface area contributed by atoms with E-state index in [1.54, 1.807) is 17.0 Å². The van der Waals surface area contributed by atoms with Crippen molar-refractivity contribution in [2.45, 2.75) is 13.5 Å². The summed E-state index contributed by atoms with van der Waals surface area (Å²) in [6.45, 7) is 2.86. The SMILES string of the molecule is CCOc1ccc2nc(N(Cc3ccccc3)C(=O)c3cc4cc([N+](=O)[O-])ccc4s3)sc2c1. The second kappa shape index (κ2) is 9.20. The zero-order chi connectivity index (χ0) is 23.7. The second-order valence-electron chi connectivity index (χ2n) is 7.53. The van der Waals surface area contributed by atoms with Crippen LogP contribution in [0, 0.1) is 10.1 Å². The van der Waals surface area contributed by atoms with Gasteiger partial charge in [-0.3, -0.25) is 19.8 Å². The summed E-state index contributed by atoms with van der Waals surface area (Å²) in [5, 5.41) is 12.4. The lowest BCUT2D eigenvalue weighted by atomic mass is 10.2. The lowest BCUT2D eigenvalue weighted by Crippen LogP contribution is -2.29. The third-order valence-electron chi connectivity index (χ3n) is 5.24. The first-order chi connectivity index (χ1) is 16.5. The highest BCUT2D eigenvalue weighted by Crippen LogP contribution is 2.35. The molecule has 0 aliphatic rings. The minimum atomic E-state index is -0.433. The number of carbonyl (C=O) groups excluding carboxylic acids is 1. The van der Waals surface area contributed by atoms with E-state index >= 15 is 0 Å². The first-order valence-corrected chi connectivity index (χ1v) is 12.2. The van der Waals surface area contributed by atoms with Gasteiger partial charge in [0.1, 0.15) is 5.75 Å². The molecule has 2 heterocycles. The third kappa shape index (κ3) is 4.35. The molecule has 0 aliphatic carbocycles. The zero-order valence-electron chi connectivity index (χ0n) is 18.1. The summed E-state index contributed by atoms with van der Waals surface area (Å²) in [5.41, 5.74) is 1.77. The molecule has 5 aromatic rings. The molecule has 2 aromatic heterocycles. The Bertz CT molecular complexity index is 1510. The number of nitro benzene ring substituents is 1. The molecule has 0 radical (unpaired) electrons. The van der Waals surface area contributed by atoms with Crippen LogP contribution in [0.25, 0.3) is 20.3 Å². The van der Waals surface area contributed by atoms with Crippen LogP contribution in [0.15, 0.2) is 72.8 Å². The lowest BCUT2D eigenvalue weighted by molar-refractivity contribution is -0.384. The van der Waals surface area contributed by atoms with Gasteiger partial charge in [0.2, 0.25) is 0 Å². The van der Waals surface area contributed by atoms with Gasteiger partial charge in [-0.25, -0.2) is 4.98 Å². The van der Waals surface area contributed by atoms with Crippen molar-refractivity contribution < 1.29 is 14.5 Å². The molecule has 1 amide bonds. The normalized spacial score (nSPS) is 11.1. The summed E-state index contributed by atoms with van der Waals surface area (Å²) in [6, 6.07) is 21.8. The fraction of sp³-hybridized carbons (Fsp3) is 0.120. The van der Waals surface area contributed by atoms with Crippen LogP contribution in [0.1, 0.15) is 22.2 Å². The van der Waals surface area contributed by atoms with Crippen molar-refractivity contribution in [3.05, 3.63) is 93.4 Å². The molecule has 0 unspecified atom stereocenters. The number of fused-ring (bicyclic) bond motifs is 2. The highest BCUT2D eigenvalue weighted by Gasteiger charge is 2.24. The van der Waals surface area contributed by atoms with Gasteiger partial charge in [0.25, 0.3) is 11.6 Å². The van der Waals surface area contributed by atoms with Gasteiger partial charge in [-0.15, -0.1) is 11.3 Å². The minimum absolute atomic E-state index is 0.00159. The monoisotopic (exact) mass is 489 g/mol. The number of benzene rings is 3. The molecule has 7 nitrogen and oxygen atoms in total. The molecule has 0 saturated heterocycles. The van der Waals surface area contributed by atoms with Gasteiger partial charge in [-0.2, -0.15) is 0 Å². The van der Waals surface area contributed by atoms with E-state index in [-0.39, 0.29) is 11.6 Å². The maximum Gasteiger partial charge on any atom is 0.270 e. The van der Waals surface area contributed by atoms with E-state index in [0.29, 0.717) is 28.5 Å². The number of non-ortho nitro benzene ring substituents is 1. The van der Waals surface area contributed by atoms with Crippen molar-refractivity contribution in [1.82, 2.24) is 4.98 Å². The molecule has 3 aromatic carbocycles. The fourth-order valence-corrected chi connectivity index (χ4v) is 5.62. The molecule has 0 spiro atoms. The maximum absolute atomic E-state index is 13.7. The molecule has 170 valence electrons. The summed E-state index contributed by atoms with van der Waals surface area (Å²) < 4.78 is 7.36. The van der Waals surface area contributed by atoms with E-state index in [1.807, 2.05) is 55.5 Å². The molecule has 0 fully saturated rings. The van der Waals surface area contributed by atoms with Gasteiger partial charge in [0.15, 0.2) is 5.13 Å². The number of hydrogen-bond donors (Lipinski definition) is 0. The van der Waals surface area contributed by atoms with Crippen molar-refractivity contribution in [1.29, 1.82) is 0 Å². The summed E-state index contributed by atoms with van der Waals surface area (Å²) in [4.78, 5) is 31.3. The van der Waals surface area contributed by atoms with Gasteiger partial charge >= 0.3 is 0 Å². The molecule has 0 atom stereocenters. The van der Waals surface area contributed by atoms with Gasteiger partial charge in [0.05, 0.1) is 33.2 Å². The van der Waals surface area contributed by atoms with E-state index in [2.05, 4.69) is 0 Å². The van der Waals surface area contributed by atoms with Gasteiger partial charge in [-0.05, 0) is 42.8 Å². The number of aromatic nitrogens is 1. The van der Waals surface area contributed by atoms with E-state index in [4.69, 9.17) is 9.72 Å². The molecule has 34 heavy (non-hydrogen) atoms. The van der Waals surface area contributed by atoms with Gasteiger partial charge < -0.3 is 4.74 Å². The van der Waals surface area contributed by atoms with Crippen LogP contribution in [0.2, 0.25) is 0 Å². The minimum Gasteiger partial charge on any atom is -0.494 e. The van der Waals surface area contributed by atoms with E-state index in [9.17, 15) is 14.9 Å². The molecular formula is C25H19N3O4S2. The Morgan fingerprint density at radius 1 is 1.03 bits per heavy atom. The average Bonchev–Trinajstić information content (AvgIpc) is 3.46. The molecule has 5 rings (SSSR count). The average molecular weight is 490 g/mol. The number of nitro groups is 1. The van der Waals surface area contributed by atoms with Crippen molar-refractivity contribution in [2.24, 2.45) is 0 Å². The Morgan fingerprint density at radius 3 is 2.62 bits per heavy atom. The van der Waals surface area contributed by atoms with Crippen LogP contribution in [0.4, 0.5) is 10.8 Å². The van der Waals surface area contributed by atoms with Crippen LogP contribution < -0.4 is 9.64 Å². The van der Waals surface area contributed by atoms with E-state index in [0.717, 1.165) is 26.2 Å². The summed E-state index contributed by atoms with van der Waals surface area (Å²) >= 11 is 2.75. The van der Waals surface area contributed by atoms with Crippen molar-refractivity contribution in [3.8, 4) is 5.75 Å². The molecule has 0 bridgehead atoms. The lowest BCUT2D eigenvalue weighted by Gasteiger charge is -2.19. The predicted molar refractivity (Wildman–Crippen MR) is 136 cm³/mol. The Balaban J connectivity index is 1.56. The maximum atomic E-state index is 13.7. The smallest absolute Gasteiger partial charge is 0.270 e. The summed E-state index contributed by atoms with van der Waals surface area (Å²) in [5.74, 6) is 0.564. The quantitative estimate of drug-likeness (QED) is 0.188. The molecule has 0 saturated carbocycles. The standard InChI is InChI=1S/C25H19N3O4S2/c1-2-32-19-9-10-20-22(14-19)34-25(26-20)27(15-16-6-4-3-5-7-16)24(29)23-13-17-12-18(28(30)31)8-11-21(17)33-23/h3-14H,2,15H2,1H3. The number of carbonyl (C=O) groups is 1. The number of hydrogen-bond acceptors (Lipinski definition) is 7. The molecule has 9 heteroatoms. The fourth-order valence-electron chi connectivity index (χ4n) is 3.64. The zero-order valence-corrected chi connectivity index (χ0v) is 19.8. The Labute approximate surface area is 203 Å². The highest BCUT2D eigenvalue weighted by atomic mass is 32.1. The third-order valence-corrected chi connectivity index (χ3v) is 7.39. The van der Waals surface area contributed by atoms with Crippen LogP contribution in [0.5, 0.6) is 5.75 Å². The number of anilines is 1. The van der Waals surface area contributed by atoms with Crippen LogP contribution in [-0.4, -0.2) is 22.4 Å². The van der Waals surface area contributed by atoms with Crippen molar-refractivity contribution in [2.75, 3.05) is 11.5 Å². The topological polar surface area (TPSA) is 85.6 Å². The molecule has 0 N–H and O–H groups in total. The van der Waals surface area contributed by atoms with Crippen molar-refractivity contribution >= 4 is 59.7 Å².